The van der Waals surface area contributed by atoms with Crippen molar-refractivity contribution in [2.24, 2.45) is 0 Å². The summed E-state index contributed by atoms with van der Waals surface area (Å²) in [4.78, 5) is 18.4. The zero-order chi connectivity index (χ0) is 20.1. The molecule has 2 aromatic carbocycles. The average Bonchev–Trinajstić information content (AvgIpc) is 3.16. The number of benzene rings is 2. The van der Waals surface area contributed by atoms with Crippen LogP contribution in [-0.4, -0.2) is 41.7 Å². The maximum absolute atomic E-state index is 12.6. The summed E-state index contributed by atoms with van der Waals surface area (Å²) in [7, 11) is 3.17. The first-order chi connectivity index (χ1) is 13.5. The molecule has 3 rings (SSSR count). The Hall–Kier alpha value is -3.06. The zero-order valence-corrected chi connectivity index (χ0v) is 16.6. The molecule has 3 aromatic rings. The molecule has 1 heterocycles. The molecule has 146 valence electrons. The lowest BCUT2D eigenvalue weighted by Gasteiger charge is -2.15. The summed E-state index contributed by atoms with van der Waals surface area (Å²) >= 11 is 6.09. The van der Waals surface area contributed by atoms with Crippen molar-refractivity contribution >= 4 is 17.5 Å². The lowest BCUT2D eigenvalue weighted by Crippen LogP contribution is -2.26. The highest BCUT2D eigenvalue weighted by atomic mass is 35.5. The number of rotatable bonds is 7. The maximum atomic E-state index is 12.6. The van der Waals surface area contributed by atoms with Gasteiger partial charge in [0.2, 0.25) is 11.7 Å². The largest absolute Gasteiger partial charge is 0.495 e. The van der Waals surface area contributed by atoms with Crippen LogP contribution < -0.4 is 9.47 Å². The number of methoxy groups -OCH3 is 1. The third-order valence-electron chi connectivity index (χ3n) is 4.01. The van der Waals surface area contributed by atoms with Gasteiger partial charge in [0.25, 0.3) is 5.91 Å². The Balaban J connectivity index is 1.68. The summed E-state index contributed by atoms with van der Waals surface area (Å²) in [5.41, 5.74) is 1.24. The van der Waals surface area contributed by atoms with Gasteiger partial charge in [-0.2, -0.15) is 4.98 Å². The Morgan fingerprint density at radius 2 is 1.96 bits per heavy atom. The summed E-state index contributed by atoms with van der Waals surface area (Å²) in [6.45, 7) is 2.70. The van der Waals surface area contributed by atoms with Crippen LogP contribution in [-0.2, 0) is 6.54 Å². The van der Waals surface area contributed by atoms with Crippen LogP contribution in [0.1, 0.15) is 23.2 Å². The van der Waals surface area contributed by atoms with E-state index in [-0.39, 0.29) is 12.5 Å². The predicted molar refractivity (Wildman–Crippen MR) is 105 cm³/mol. The van der Waals surface area contributed by atoms with Crippen LogP contribution in [0.5, 0.6) is 11.5 Å². The van der Waals surface area contributed by atoms with Crippen LogP contribution in [0, 0.1) is 0 Å². The summed E-state index contributed by atoms with van der Waals surface area (Å²) in [6, 6.07) is 12.3. The first kappa shape index (κ1) is 19.7. The Morgan fingerprint density at radius 1 is 1.21 bits per heavy atom. The van der Waals surface area contributed by atoms with E-state index in [0.717, 1.165) is 11.3 Å². The van der Waals surface area contributed by atoms with E-state index in [2.05, 4.69) is 10.1 Å². The standard InChI is InChI=1S/C20H20ClN3O4/c1-4-27-15-8-5-13(6-9-15)19-22-18(28-23-19)12-24(2)20(25)14-7-10-17(26-3)16(21)11-14/h5-11H,4,12H2,1-3H3. The molecule has 0 saturated heterocycles. The van der Waals surface area contributed by atoms with Crippen molar-refractivity contribution in [3.05, 3.63) is 58.9 Å². The summed E-state index contributed by atoms with van der Waals surface area (Å²) < 4.78 is 15.8. The molecule has 8 heteroatoms. The topological polar surface area (TPSA) is 77.7 Å². The average molecular weight is 402 g/mol. The van der Waals surface area contributed by atoms with Crippen LogP contribution in [0.15, 0.2) is 47.0 Å². The number of carbonyl (C=O) groups is 1. The van der Waals surface area contributed by atoms with Gasteiger partial charge in [-0.05, 0) is 49.4 Å². The number of hydrogen-bond donors (Lipinski definition) is 0. The van der Waals surface area contributed by atoms with Gasteiger partial charge in [0.15, 0.2) is 0 Å². The Kier molecular flexibility index (Phi) is 6.16. The third kappa shape index (κ3) is 4.43. The minimum atomic E-state index is -0.217. The molecule has 0 unspecified atom stereocenters. The van der Waals surface area contributed by atoms with Gasteiger partial charge in [-0.3, -0.25) is 4.79 Å². The maximum Gasteiger partial charge on any atom is 0.254 e. The zero-order valence-electron chi connectivity index (χ0n) is 15.8. The Morgan fingerprint density at radius 3 is 2.61 bits per heavy atom. The first-order valence-electron chi connectivity index (χ1n) is 8.66. The van der Waals surface area contributed by atoms with E-state index in [1.807, 2.05) is 31.2 Å². The fourth-order valence-corrected chi connectivity index (χ4v) is 2.86. The lowest BCUT2D eigenvalue weighted by molar-refractivity contribution is 0.0769. The lowest BCUT2D eigenvalue weighted by atomic mass is 10.2. The predicted octanol–water partition coefficient (Wildman–Crippen LogP) is 4.07. The van der Waals surface area contributed by atoms with Gasteiger partial charge >= 0.3 is 0 Å². The quantitative estimate of drug-likeness (QED) is 0.593. The number of halogens is 1. The molecular weight excluding hydrogens is 382 g/mol. The molecule has 1 amide bonds. The second-order valence-electron chi connectivity index (χ2n) is 5.98. The van der Waals surface area contributed by atoms with Gasteiger partial charge in [0.05, 0.1) is 25.3 Å². The van der Waals surface area contributed by atoms with E-state index in [9.17, 15) is 4.79 Å². The Labute approximate surface area is 167 Å². The van der Waals surface area contributed by atoms with Crippen LogP contribution in [0.3, 0.4) is 0 Å². The molecule has 0 N–H and O–H groups in total. The molecular formula is C20H20ClN3O4. The minimum absolute atomic E-state index is 0.173. The molecule has 0 aliphatic carbocycles. The van der Waals surface area contributed by atoms with Crippen LogP contribution in [0.25, 0.3) is 11.4 Å². The summed E-state index contributed by atoms with van der Waals surface area (Å²) in [5.74, 6) is 1.85. The van der Waals surface area contributed by atoms with E-state index in [4.69, 9.17) is 25.6 Å². The van der Waals surface area contributed by atoms with Crippen molar-refractivity contribution in [1.82, 2.24) is 15.0 Å². The number of amides is 1. The van der Waals surface area contributed by atoms with E-state index < -0.39 is 0 Å². The first-order valence-corrected chi connectivity index (χ1v) is 9.04. The van der Waals surface area contributed by atoms with Gasteiger partial charge < -0.3 is 18.9 Å². The SMILES string of the molecule is CCOc1ccc(-c2noc(CN(C)C(=O)c3ccc(OC)c(Cl)c3)n2)cc1. The second-order valence-corrected chi connectivity index (χ2v) is 6.39. The molecule has 0 radical (unpaired) electrons. The van der Waals surface area contributed by atoms with Crippen molar-refractivity contribution in [1.29, 1.82) is 0 Å². The van der Waals surface area contributed by atoms with Crippen molar-refractivity contribution in [3.63, 3.8) is 0 Å². The normalized spacial score (nSPS) is 10.6. The molecule has 0 spiro atoms. The third-order valence-corrected chi connectivity index (χ3v) is 4.30. The van der Waals surface area contributed by atoms with Crippen LogP contribution in [0.2, 0.25) is 5.02 Å². The molecule has 0 saturated carbocycles. The van der Waals surface area contributed by atoms with E-state index in [1.54, 1.807) is 25.2 Å². The van der Waals surface area contributed by atoms with Gasteiger partial charge in [0, 0.05) is 18.2 Å². The van der Waals surface area contributed by atoms with Crippen molar-refractivity contribution in [2.75, 3.05) is 20.8 Å². The highest BCUT2D eigenvalue weighted by Gasteiger charge is 2.17. The fourth-order valence-electron chi connectivity index (χ4n) is 2.60. The summed E-state index contributed by atoms with van der Waals surface area (Å²) in [6.07, 6.45) is 0. The fraction of sp³-hybridized carbons (Fsp3) is 0.250. The molecule has 0 bridgehead atoms. The monoisotopic (exact) mass is 401 g/mol. The highest BCUT2D eigenvalue weighted by molar-refractivity contribution is 6.32. The number of ether oxygens (including phenoxy) is 2. The minimum Gasteiger partial charge on any atom is -0.495 e. The van der Waals surface area contributed by atoms with Crippen LogP contribution >= 0.6 is 11.6 Å². The summed E-state index contributed by atoms with van der Waals surface area (Å²) in [5, 5.41) is 4.35. The number of nitrogens with zero attached hydrogens (tertiary/aromatic N) is 3. The van der Waals surface area contributed by atoms with E-state index in [1.165, 1.54) is 12.0 Å². The molecule has 7 nitrogen and oxygen atoms in total. The molecule has 0 aliphatic rings. The van der Waals surface area contributed by atoms with Gasteiger partial charge in [-0.1, -0.05) is 16.8 Å². The molecule has 0 fully saturated rings. The van der Waals surface area contributed by atoms with E-state index >= 15 is 0 Å². The van der Waals surface area contributed by atoms with Crippen molar-refractivity contribution in [2.45, 2.75) is 13.5 Å². The highest BCUT2D eigenvalue weighted by Crippen LogP contribution is 2.26. The molecule has 0 aliphatic heterocycles. The van der Waals surface area contributed by atoms with Gasteiger partial charge in [0.1, 0.15) is 11.5 Å². The smallest absolute Gasteiger partial charge is 0.254 e. The van der Waals surface area contributed by atoms with Crippen LogP contribution in [0.4, 0.5) is 0 Å². The Bertz CT molecular complexity index is 956. The molecule has 28 heavy (non-hydrogen) atoms. The number of aromatic nitrogens is 2. The number of carbonyl (C=O) groups excluding carboxylic acids is 1. The van der Waals surface area contributed by atoms with Crippen molar-refractivity contribution < 1.29 is 18.8 Å². The molecule has 1 aromatic heterocycles. The van der Waals surface area contributed by atoms with Crippen molar-refractivity contribution in [3.8, 4) is 22.9 Å². The number of hydrogen-bond acceptors (Lipinski definition) is 6. The van der Waals surface area contributed by atoms with Gasteiger partial charge in [-0.15, -0.1) is 0 Å². The second kappa shape index (κ2) is 8.75. The van der Waals surface area contributed by atoms with E-state index in [0.29, 0.717) is 34.7 Å². The van der Waals surface area contributed by atoms with Gasteiger partial charge in [-0.25, -0.2) is 0 Å². The molecule has 0 atom stereocenters.